The molecule has 0 radical (unpaired) electrons. The molecule has 2 N–H and O–H groups in total. The van der Waals surface area contributed by atoms with E-state index in [-0.39, 0.29) is 11.5 Å². The van der Waals surface area contributed by atoms with E-state index in [0.29, 0.717) is 12.3 Å². The Kier molecular flexibility index (Phi) is 4.48. The van der Waals surface area contributed by atoms with Crippen molar-refractivity contribution in [2.45, 2.75) is 13.0 Å². The van der Waals surface area contributed by atoms with E-state index < -0.39 is 16.8 Å². The number of carbonyl (C=O) groups is 1. The molecule has 0 aliphatic rings. The van der Waals surface area contributed by atoms with E-state index >= 15 is 0 Å². The number of aryl methyl sites for hydroxylation is 1. The molecular weight excluding hydrogens is 230 g/mol. The summed E-state index contributed by atoms with van der Waals surface area (Å²) in [7, 11) is 0.463. The molecule has 90 valence electrons. The van der Waals surface area contributed by atoms with Gasteiger partial charge in [0, 0.05) is 29.4 Å². The number of hydrogen-bond acceptors (Lipinski definition) is 5. The van der Waals surface area contributed by atoms with Crippen LogP contribution in [0, 0.1) is 0 Å². The lowest BCUT2D eigenvalue weighted by Gasteiger charge is -2.04. The first-order chi connectivity index (χ1) is 7.56. The number of imidazole rings is 1. The number of nitrogens with two attached hydrogens (primary N) is 1. The molecule has 0 spiro atoms. The van der Waals surface area contributed by atoms with Gasteiger partial charge in [-0.25, -0.2) is 9.78 Å². The zero-order valence-corrected chi connectivity index (χ0v) is 10.1. The van der Waals surface area contributed by atoms with Crippen molar-refractivity contribution >= 4 is 22.6 Å². The largest absolute Gasteiger partial charge is 0.464 e. The van der Waals surface area contributed by atoms with Crippen LogP contribution in [-0.2, 0) is 22.1 Å². The van der Waals surface area contributed by atoms with Crippen molar-refractivity contribution < 1.29 is 13.7 Å². The smallest absolute Gasteiger partial charge is 0.360 e. The van der Waals surface area contributed by atoms with E-state index in [1.54, 1.807) is 10.8 Å². The Labute approximate surface area is 96.2 Å². The maximum absolute atomic E-state index is 11.2. The summed E-state index contributed by atoms with van der Waals surface area (Å²) in [6, 6.07) is 0. The summed E-state index contributed by atoms with van der Waals surface area (Å²) in [6.07, 6.45) is 3.86. The van der Waals surface area contributed by atoms with Crippen LogP contribution in [0.3, 0.4) is 0 Å². The molecule has 1 aromatic heterocycles. The van der Waals surface area contributed by atoms with Crippen LogP contribution in [0.5, 0.6) is 0 Å². The number of nitrogens with zero attached hydrogens (tertiary/aromatic N) is 2. The molecule has 16 heavy (non-hydrogen) atoms. The summed E-state index contributed by atoms with van der Waals surface area (Å²) in [5.74, 6) is 0.342. The van der Waals surface area contributed by atoms with Crippen LogP contribution < -0.4 is 5.73 Å². The molecule has 0 saturated heterocycles. The van der Waals surface area contributed by atoms with Gasteiger partial charge in [-0.05, 0) is 6.42 Å². The van der Waals surface area contributed by atoms with Gasteiger partial charge in [0.2, 0.25) is 0 Å². The van der Waals surface area contributed by atoms with Gasteiger partial charge in [-0.1, -0.05) is 0 Å². The zero-order valence-electron chi connectivity index (χ0n) is 9.30. The lowest BCUT2D eigenvalue weighted by Crippen LogP contribution is -2.09. The van der Waals surface area contributed by atoms with Crippen LogP contribution in [0.2, 0.25) is 0 Å². The van der Waals surface area contributed by atoms with Crippen molar-refractivity contribution in [2.24, 2.45) is 0 Å². The Hall–Kier alpha value is -1.37. The molecular formula is C9H15N3O3S. The van der Waals surface area contributed by atoms with E-state index in [2.05, 4.69) is 9.72 Å². The fraction of sp³-hybridized carbons (Fsp3) is 0.556. The standard InChI is InChI=1S/C9H15N3O3S/c1-15-9(13)7-8(10)12(6-11-7)4-3-5-16(2)14/h6H,3-5,10H2,1-2H3. The monoisotopic (exact) mass is 245 g/mol. The van der Waals surface area contributed by atoms with Crippen LogP contribution in [0.4, 0.5) is 5.82 Å². The van der Waals surface area contributed by atoms with Gasteiger partial charge in [0.15, 0.2) is 5.69 Å². The van der Waals surface area contributed by atoms with Crippen LogP contribution in [0.1, 0.15) is 16.9 Å². The van der Waals surface area contributed by atoms with Crippen molar-refractivity contribution in [3.05, 3.63) is 12.0 Å². The van der Waals surface area contributed by atoms with Crippen LogP contribution >= 0.6 is 0 Å². The molecule has 0 amide bonds. The predicted octanol–water partition coefficient (Wildman–Crippen LogP) is 0.0205. The van der Waals surface area contributed by atoms with Crippen molar-refractivity contribution in [1.29, 1.82) is 0 Å². The van der Waals surface area contributed by atoms with Crippen molar-refractivity contribution in [1.82, 2.24) is 9.55 Å². The summed E-state index contributed by atoms with van der Waals surface area (Å²) >= 11 is 0. The van der Waals surface area contributed by atoms with Crippen LogP contribution in [-0.4, -0.2) is 38.8 Å². The number of aromatic nitrogens is 2. The van der Waals surface area contributed by atoms with Gasteiger partial charge in [0.25, 0.3) is 0 Å². The van der Waals surface area contributed by atoms with E-state index in [0.717, 1.165) is 6.42 Å². The van der Waals surface area contributed by atoms with Crippen molar-refractivity contribution in [2.75, 3.05) is 24.9 Å². The normalized spacial score (nSPS) is 12.4. The number of ether oxygens (including phenoxy) is 1. The number of rotatable bonds is 5. The van der Waals surface area contributed by atoms with E-state index in [1.165, 1.54) is 13.4 Å². The summed E-state index contributed by atoms with van der Waals surface area (Å²) in [4.78, 5) is 15.1. The van der Waals surface area contributed by atoms with E-state index in [4.69, 9.17) is 5.73 Å². The second-order valence-corrected chi connectivity index (χ2v) is 4.85. The molecule has 0 aliphatic carbocycles. The molecule has 0 bridgehead atoms. The minimum Gasteiger partial charge on any atom is -0.464 e. The van der Waals surface area contributed by atoms with Gasteiger partial charge in [0.1, 0.15) is 5.82 Å². The molecule has 1 unspecified atom stereocenters. The molecule has 1 atom stereocenters. The summed E-state index contributed by atoms with van der Waals surface area (Å²) in [6.45, 7) is 0.593. The molecule has 7 heteroatoms. The number of esters is 1. The second kappa shape index (κ2) is 5.64. The third-order valence-corrected chi connectivity index (χ3v) is 2.95. The number of carbonyl (C=O) groups excluding carboxylic acids is 1. The number of nitrogen functional groups attached to an aromatic ring is 1. The minimum atomic E-state index is -0.816. The Morgan fingerprint density at radius 3 is 2.94 bits per heavy atom. The second-order valence-electron chi connectivity index (χ2n) is 3.29. The SMILES string of the molecule is COC(=O)c1ncn(CCCS(C)=O)c1N. The lowest BCUT2D eigenvalue weighted by molar-refractivity contribution is 0.0596. The van der Waals surface area contributed by atoms with E-state index in [9.17, 15) is 9.00 Å². The average Bonchev–Trinajstić information content (AvgIpc) is 2.59. The molecule has 6 nitrogen and oxygen atoms in total. The Balaban J connectivity index is 2.65. The molecule has 0 saturated carbocycles. The quantitative estimate of drug-likeness (QED) is 0.739. The topological polar surface area (TPSA) is 87.2 Å². The van der Waals surface area contributed by atoms with Gasteiger partial charge < -0.3 is 15.0 Å². The highest BCUT2D eigenvalue weighted by atomic mass is 32.2. The fourth-order valence-electron chi connectivity index (χ4n) is 1.26. The van der Waals surface area contributed by atoms with Gasteiger partial charge in [0.05, 0.1) is 13.4 Å². The third-order valence-electron chi connectivity index (χ3n) is 2.09. The zero-order chi connectivity index (χ0) is 12.1. The van der Waals surface area contributed by atoms with Gasteiger partial charge in [-0.15, -0.1) is 0 Å². The summed E-state index contributed by atoms with van der Waals surface area (Å²) < 4.78 is 17.0. The number of anilines is 1. The Bertz CT molecular complexity index is 403. The predicted molar refractivity (Wildman–Crippen MR) is 61.5 cm³/mol. The molecule has 1 aromatic rings. The first kappa shape index (κ1) is 12.7. The maximum atomic E-state index is 11.2. The van der Waals surface area contributed by atoms with Crippen molar-refractivity contribution in [3.63, 3.8) is 0 Å². The third kappa shape index (κ3) is 3.06. The van der Waals surface area contributed by atoms with Crippen LogP contribution in [0.25, 0.3) is 0 Å². The Morgan fingerprint density at radius 2 is 2.38 bits per heavy atom. The van der Waals surface area contributed by atoms with Gasteiger partial charge in [-0.3, -0.25) is 4.21 Å². The first-order valence-corrected chi connectivity index (χ1v) is 6.48. The maximum Gasteiger partial charge on any atom is 0.360 e. The average molecular weight is 245 g/mol. The highest BCUT2D eigenvalue weighted by Gasteiger charge is 2.15. The molecule has 0 aromatic carbocycles. The molecule has 1 heterocycles. The molecule has 1 rings (SSSR count). The fourth-order valence-corrected chi connectivity index (χ4v) is 1.80. The van der Waals surface area contributed by atoms with Crippen molar-refractivity contribution in [3.8, 4) is 0 Å². The number of methoxy groups -OCH3 is 1. The summed E-state index contributed by atoms with van der Waals surface area (Å²) in [5.41, 5.74) is 5.85. The summed E-state index contributed by atoms with van der Waals surface area (Å²) in [5, 5.41) is 0. The molecule has 0 aliphatic heterocycles. The Morgan fingerprint density at radius 1 is 1.69 bits per heavy atom. The number of hydrogen-bond donors (Lipinski definition) is 1. The highest BCUT2D eigenvalue weighted by molar-refractivity contribution is 7.84. The van der Waals surface area contributed by atoms with Crippen LogP contribution in [0.15, 0.2) is 6.33 Å². The highest BCUT2D eigenvalue weighted by Crippen LogP contribution is 2.11. The molecule has 0 fully saturated rings. The van der Waals surface area contributed by atoms with E-state index in [1.807, 2.05) is 0 Å². The van der Waals surface area contributed by atoms with Gasteiger partial charge >= 0.3 is 5.97 Å². The lowest BCUT2D eigenvalue weighted by atomic mass is 10.4. The minimum absolute atomic E-state index is 0.125. The first-order valence-electron chi connectivity index (χ1n) is 4.75. The van der Waals surface area contributed by atoms with Gasteiger partial charge in [-0.2, -0.15) is 0 Å².